The Balaban J connectivity index is 2.07. The van der Waals surface area contributed by atoms with Crippen LogP contribution in [0.4, 0.5) is 5.95 Å². The number of methoxy groups -OCH3 is 1. The lowest BCUT2D eigenvalue weighted by Gasteiger charge is -2.31. The number of aromatic nitrogens is 3. The van der Waals surface area contributed by atoms with Crippen molar-refractivity contribution in [3.8, 4) is 0 Å². The maximum Gasteiger partial charge on any atom is 0.225 e. The third-order valence-corrected chi connectivity index (χ3v) is 3.28. The number of nitrogens with one attached hydrogen (secondary N) is 1. The van der Waals surface area contributed by atoms with Crippen LogP contribution in [-0.4, -0.2) is 41.1 Å². The molecule has 6 heteroatoms. The van der Waals surface area contributed by atoms with E-state index in [0.29, 0.717) is 10.9 Å². The second-order valence-corrected chi connectivity index (χ2v) is 4.20. The predicted octanol–water partition coefficient (Wildman–Crippen LogP) is 1.09. The number of H-pyrrole nitrogens is 1. The lowest BCUT2D eigenvalue weighted by Crippen LogP contribution is -2.38. The summed E-state index contributed by atoms with van der Waals surface area (Å²) in [7, 11) is 3.71. The molecule has 1 fully saturated rings. The van der Waals surface area contributed by atoms with E-state index < -0.39 is 0 Å². The van der Waals surface area contributed by atoms with E-state index in [1.807, 2.05) is 11.6 Å². The minimum Gasteiger partial charge on any atom is -0.381 e. The summed E-state index contributed by atoms with van der Waals surface area (Å²) in [6.07, 6.45) is 2.50. The number of hydrogen-bond acceptors (Lipinski definition) is 4. The van der Waals surface area contributed by atoms with Gasteiger partial charge in [-0.3, -0.25) is 4.57 Å². The second kappa shape index (κ2) is 4.32. The van der Waals surface area contributed by atoms with Crippen molar-refractivity contribution < 1.29 is 4.74 Å². The molecule has 84 valence electrons. The lowest BCUT2D eigenvalue weighted by molar-refractivity contribution is 0.0815. The zero-order chi connectivity index (χ0) is 10.8. The highest BCUT2D eigenvalue weighted by Crippen LogP contribution is 2.18. The second-order valence-electron chi connectivity index (χ2n) is 3.81. The summed E-state index contributed by atoms with van der Waals surface area (Å²) in [5, 5.41) is 7.02. The Labute approximate surface area is 94.0 Å². The van der Waals surface area contributed by atoms with Crippen molar-refractivity contribution in [1.29, 1.82) is 0 Å². The molecule has 0 aliphatic carbocycles. The smallest absolute Gasteiger partial charge is 0.225 e. The van der Waals surface area contributed by atoms with Crippen LogP contribution in [-0.2, 0) is 11.8 Å². The van der Waals surface area contributed by atoms with Crippen molar-refractivity contribution in [2.45, 2.75) is 18.9 Å². The maximum absolute atomic E-state index is 5.33. The molecule has 0 amide bonds. The molecular weight excluding hydrogens is 212 g/mol. The summed E-state index contributed by atoms with van der Waals surface area (Å²) in [6, 6.07) is 0. The quantitative estimate of drug-likeness (QED) is 0.770. The molecule has 1 saturated heterocycles. The first-order chi connectivity index (χ1) is 7.22. The molecule has 1 aromatic rings. The van der Waals surface area contributed by atoms with Gasteiger partial charge in [0.15, 0.2) is 4.77 Å². The van der Waals surface area contributed by atoms with Gasteiger partial charge in [-0.05, 0) is 25.1 Å². The molecule has 0 aromatic carbocycles. The number of nitrogens with zero attached hydrogens (tertiary/aromatic N) is 3. The van der Waals surface area contributed by atoms with Crippen molar-refractivity contribution in [2.75, 3.05) is 25.1 Å². The van der Waals surface area contributed by atoms with Gasteiger partial charge in [0.25, 0.3) is 0 Å². The number of ether oxygens (including phenoxy) is 1. The molecule has 0 saturated carbocycles. The van der Waals surface area contributed by atoms with Gasteiger partial charge in [-0.15, -0.1) is 5.10 Å². The Hall–Kier alpha value is -0.880. The average molecular weight is 228 g/mol. The first-order valence-electron chi connectivity index (χ1n) is 5.11. The maximum atomic E-state index is 5.33. The highest BCUT2D eigenvalue weighted by atomic mass is 32.1. The van der Waals surface area contributed by atoms with E-state index in [0.717, 1.165) is 31.9 Å². The zero-order valence-electron chi connectivity index (χ0n) is 9.06. The Bertz CT molecular complexity index is 378. The molecule has 0 unspecified atom stereocenters. The summed E-state index contributed by atoms with van der Waals surface area (Å²) >= 11 is 5.08. The third-order valence-electron chi connectivity index (χ3n) is 2.91. The van der Waals surface area contributed by atoms with Gasteiger partial charge in [-0.2, -0.15) is 0 Å². The molecule has 1 aliphatic rings. The average Bonchev–Trinajstić information content (AvgIpc) is 2.60. The van der Waals surface area contributed by atoms with E-state index in [1.54, 1.807) is 7.11 Å². The molecule has 0 spiro atoms. The van der Waals surface area contributed by atoms with Gasteiger partial charge in [0, 0.05) is 27.2 Å². The van der Waals surface area contributed by atoms with Gasteiger partial charge in [-0.25, -0.2) is 5.10 Å². The molecule has 2 rings (SSSR count). The van der Waals surface area contributed by atoms with Crippen molar-refractivity contribution in [3.05, 3.63) is 4.77 Å². The molecule has 5 nitrogen and oxygen atoms in total. The first kappa shape index (κ1) is 10.6. The number of anilines is 1. The number of rotatable bonds is 2. The van der Waals surface area contributed by atoms with Crippen LogP contribution >= 0.6 is 12.2 Å². The van der Waals surface area contributed by atoms with Crippen LogP contribution < -0.4 is 4.90 Å². The molecule has 1 N–H and O–H groups in total. The minimum atomic E-state index is 0.397. The Morgan fingerprint density at radius 2 is 2.13 bits per heavy atom. The normalized spacial score (nSPS) is 18.4. The fraction of sp³-hybridized carbons (Fsp3) is 0.778. The summed E-state index contributed by atoms with van der Waals surface area (Å²) in [6.45, 7) is 1.96. The summed E-state index contributed by atoms with van der Waals surface area (Å²) in [5.74, 6) is 0.926. The van der Waals surface area contributed by atoms with Crippen LogP contribution in [0.1, 0.15) is 12.8 Å². The largest absolute Gasteiger partial charge is 0.381 e. The van der Waals surface area contributed by atoms with Gasteiger partial charge in [0.2, 0.25) is 5.95 Å². The Morgan fingerprint density at radius 3 is 2.60 bits per heavy atom. The van der Waals surface area contributed by atoms with Crippen molar-refractivity contribution in [3.63, 3.8) is 0 Å². The Kier molecular flexibility index (Phi) is 3.06. The monoisotopic (exact) mass is 228 g/mol. The van der Waals surface area contributed by atoms with Gasteiger partial charge in [0.1, 0.15) is 0 Å². The van der Waals surface area contributed by atoms with Gasteiger partial charge >= 0.3 is 0 Å². The molecule has 1 aromatic heterocycles. The number of hydrogen-bond donors (Lipinski definition) is 1. The van der Waals surface area contributed by atoms with E-state index in [4.69, 9.17) is 17.0 Å². The van der Waals surface area contributed by atoms with E-state index in [2.05, 4.69) is 15.1 Å². The van der Waals surface area contributed by atoms with Crippen LogP contribution in [0, 0.1) is 4.77 Å². The zero-order valence-corrected chi connectivity index (χ0v) is 9.88. The SMILES string of the molecule is COC1CCN(c2n[nH]c(=S)n2C)CC1. The molecule has 15 heavy (non-hydrogen) atoms. The van der Waals surface area contributed by atoms with Crippen LogP contribution in [0.3, 0.4) is 0 Å². The van der Waals surface area contributed by atoms with E-state index in [9.17, 15) is 0 Å². The number of piperidine rings is 1. The van der Waals surface area contributed by atoms with Gasteiger partial charge in [0.05, 0.1) is 6.10 Å². The summed E-state index contributed by atoms with van der Waals surface area (Å²) in [4.78, 5) is 2.24. The predicted molar refractivity (Wildman–Crippen MR) is 60.6 cm³/mol. The fourth-order valence-corrected chi connectivity index (χ4v) is 2.04. The molecule has 0 atom stereocenters. The lowest BCUT2D eigenvalue weighted by atomic mass is 10.1. The van der Waals surface area contributed by atoms with Gasteiger partial charge < -0.3 is 9.64 Å². The van der Waals surface area contributed by atoms with Crippen LogP contribution in [0.5, 0.6) is 0 Å². The van der Waals surface area contributed by atoms with E-state index in [1.165, 1.54) is 0 Å². The Morgan fingerprint density at radius 1 is 1.47 bits per heavy atom. The van der Waals surface area contributed by atoms with E-state index >= 15 is 0 Å². The van der Waals surface area contributed by atoms with Gasteiger partial charge in [-0.1, -0.05) is 0 Å². The summed E-state index contributed by atoms with van der Waals surface area (Å²) < 4.78 is 7.90. The first-order valence-corrected chi connectivity index (χ1v) is 5.52. The highest BCUT2D eigenvalue weighted by Gasteiger charge is 2.21. The molecule has 0 radical (unpaired) electrons. The number of aromatic amines is 1. The highest BCUT2D eigenvalue weighted by molar-refractivity contribution is 7.71. The molecule has 2 heterocycles. The van der Waals surface area contributed by atoms with Crippen LogP contribution in [0.2, 0.25) is 0 Å². The fourth-order valence-electron chi connectivity index (χ4n) is 1.91. The van der Waals surface area contributed by atoms with Crippen molar-refractivity contribution in [1.82, 2.24) is 14.8 Å². The molecule has 1 aliphatic heterocycles. The van der Waals surface area contributed by atoms with Crippen molar-refractivity contribution in [2.24, 2.45) is 7.05 Å². The topological polar surface area (TPSA) is 46.1 Å². The summed E-state index contributed by atoms with van der Waals surface area (Å²) in [5.41, 5.74) is 0. The molecule has 0 bridgehead atoms. The van der Waals surface area contributed by atoms with Crippen molar-refractivity contribution >= 4 is 18.2 Å². The molecular formula is C9H16N4OS. The van der Waals surface area contributed by atoms with Crippen LogP contribution in [0.15, 0.2) is 0 Å². The van der Waals surface area contributed by atoms with E-state index in [-0.39, 0.29) is 0 Å². The van der Waals surface area contributed by atoms with Crippen LogP contribution in [0.25, 0.3) is 0 Å². The minimum absolute atomic E-state index is 0.397. The third kappa shape index (κ3) is 2.05. The standard InChI is InChI=1S/C9H16N4OS/c1-12-8(10-11-9(12)15)13-5-3-7(14-2)4-6-13/h7H,3-6H2,1-2H3,(H,11,15).